The van der Waals surface area contributed by atoms with Gasteiger partial charge < -0.3 is 5.73 Å². The number of hydrogen-bond donors (Lipinski definition) is 1. The van der Waals surface area contributed by atoms with Crippen LogP contribution >= 0.6 is 0 Å². The average Bonchev–Trinajstić information content (AvgIpc) is 2.76. The van der Waals surface area contributed by atoms with Crippen LogP contribution in [0.1, 0.15) is 12.0 Å². The molecule has 0 spiro atoms. The summed E-state index contributed by atoms with van der Waals surface area (Å²) in [6, 6.07) is 3.77. The highest BCUT2D eigenvalue weighted by Crippen LogP contribution is 2.26. The van der Waals surface area contributed by atoms with Gasteiger partial charge >= 0.3 is 0 Å². The lowest BCUT2D eigenvalue weighted by Crippen LogP contribution is -2.32. The molecule has 0 radical (unpaired) electrons. The molecular weight excluding hydrogens is 270 g/mol. The molecule has 1 aliphatic rings. The maximum absolute atomic E-state index is 12.3. The molecule has 1 aromatic carbocycles. The highest BCUT2D eigenvalue weighted by Gasteiger charge is 2.32. The SMILES string of the molecule is Cc1ccc(S(=O)(=O)N2CC[C@@H](N)C2)cc1[N+](=O)[O-]. The standard InChI is InChI=1S/C11H15N3O4S/c1-8-2-3-10(6-11(8)14(15)16)19(17,18)13-5-4-9(12)7-13/h2-3,6,9H,4-5,7,12H2,1H3/t9-/m1/s1. The first-order valence-corrected chi connectivity index (χ1v) is 7.27. The van der Waals surface area contributed by atoms with E-state index in [1.165, 1.54) is 16.4 Å². The lowest BCUT2D eigenvalue weighted by atomic mass is 10.2. The third-order valence-electron chi connectivity index (χ3n) is 3.20. The second-order valence-corrected chi connectivity index (χ2v) is 6.56. The smallest absolute Gasteiger partial charge is 0.273 e. The quantitative estimate of drug-likeness (QED) is 0.647. The van der Waals surface area contributed by atoms with Crippen LogP contribution in [-0.2, 0) is 10.0 Å². The van der Waals surface area contributed by atoms with Gasteiger partial charge in [0.2, 0.25) is 10.0 Å². The average molecular weight is 285 g/mol. The number of nitro benzene ring substituents is 1. The minimum absolute atomic E-state index is 0.0566. The molecule has 2 rings (SSSR count). The first kappa shape index (κ1) is 13.9. The molecule has 19 heavy (non-hydrogen) atoms. The minimum atomic E-state index is -3.70. The maximum Gasteiger partial charge on any atom is 0.273 e. The summed E-state index contributed by atoms with van der Waals surface area (Å²) in [5, 5.41) is 10.9. The van der Waals surface area contributed by atoms with Crippen LogP contribution < -0.4 is 5.73 Å². The molecule has 1 atom stereocenters. The summed E-state index contributed by atoms with van der Waals surface area (Å²) < 4.78 is 25.9. The highest BCUT2D eigenvalue weighted by molar-refractivity contribution is 7.89. The van der Waals surface area contributed by atoms with Crippen molar-refractivity contribution in [1.82, 2.24) is 4.31 Å². The van der Waals surface area contributed by atoms with Crippen molar-refractivity contribution in [3.63, 3.8) is 0 Å². The fraction of sp³-hybridized carbons (Fsp3) is 0.455. The van der Waals surface area contributed by atoms with Crippen molar-refractivity contribution >= 4 is 15.7 Å². The fourth-order valence-corrected chi connectivity index (χ4v) is 3.60. The van der Waals surface area contributed by atoms with E-state index >= 15 is 0 Å². The second kappa shape index (κ2) is 4.87. The van der Waals surface area contributed by atoms with Crippen molar-refractivity contribution < 1.29 is 13.3 Å². The van der Waals surface area contributed by atoms with Crippen LogP contribution in [0.25, 0.3) is 0 Å². The molecule has 0 saturated carbocycles. The molecule has 1 fully saturated rings. The Morgan fingerprint density at radius 3 is 2.68 bits per heavy atom. The van der Waals surface area contributed by atoms with E-state index in [2.05, 4.69) is 0 Å². The number of hydrogen-bond acceptors (Lipinski definition) is 5. The first-order valence-electron chi connectivity index (χ1n) is 5.83. The summed E-state index contributed by atoms with van der Waals surface area (Å²) in [5.41, 5.74) is 5.93. The van der Waals surface area contributed by atoms with Crippen LogP contribution in [0.4, 0.5) is 5.69 Å². The molecule has 8 heteroatoms. The van der Waals surface area contributed by atoms with Gasteiger partial charge in [0.15, 0.2) is 0 Å². The molecule has 2 N–H and O–H groups in total. The Bertz CT molecular complexity index is 614. The normalized spacial score (nSPS) is 20.6. The van der Waals surface area contributed by atoms with Crippen molar-refractivity contribution in [2.75, 3.05) is 13.1 Å². The van der Waals surface area contributed by atoms with E-state index in [9.17, 15) is 18.5 Å². The zero-order valence-electron chi connectivity index (χ0n) is 10.4. The summed E-state index contributed by atoms with van der Waals surface area (Å²) in [6.45, 7) is 2.18. The van der Waals surface area contributed by atoms with Gasteiger partial charge in [0.25, 0.3) is 5.69 Å². The van der Waals surface area contributed by atoms with Gasteiger partial charge in [-0.1, -0.05) is 6.07 Å². The van der Waals surface area contributed by atoms with E-state index in [0.717, 1.165) is 6.07 Å². The molecule has 7 nitrogen and oxygen atoms in total. The van der Waals surface area contributed by atoms with Crippen molar-refractivity contribution in [2.24, 2.45) is 5.73 Å². The van der Waals surface area contributed by atoms with Crippen molar-refractivity contribution in [1.29, 1.82) is 0 Å². The van der Waals surface area contributed by atoms with E-state index in [4.69, 9.17) is 5.73 Å². The number of nitrogens with zero attached hydrogens (tertiary/aromatic N) is 2. The number of nitro groups is 1. The summed E-state index contributed by atoms with van der Waals surface area (Å²) in [4.78, 5) is 10.2. The summed E-state index contributed by atoms with van der Waals surface area (Å²) in [5.74, 6) is 0. The van der Waals surface area contributed by atoms with Gasteiger partial charge in [0.1, 0.15) is 0 Å². The Labute approximate surface area is 111 Å². The number of benzene rings is 1. The zero-order chi connectivity index (χ0) is 14.2. The lowest BCUT2D eigenvalue weighted by Gasteiger charge is -2.15. The largest absolute Gasteiger partial charge is 0.326 e. The zero-order valence-corrected chi connectivity index (χ0v) is 11.3. The number of rotatable bonds is 3. The van der Waals surface area contributed by atoms with Crippen molar-refractivity contribution in [2.45, 2.75) is 24.3 Å². The van der Waals surface area contributed by atoms with Crippen LogP contribution in [0, 0.1) is 17.0 Å². The maximum atomic E-state index is 12.3. The Morgan fingerprint density at radius 2 is 2.16 bits per heavy atom. The first-order chi connectivity index (χ1) is 8.82. The molecule has 0 unspecified atom stereocenters. The van der Waals surface area contributed by atoms with Crippen LogP contribution in [0.2, 0.25) is 0 Å². The predicted octanol–water partition coefficient (Wildman–Crippen LogP) is 0.625. The highest BCUT2D eigenvalue weighted by atomic mass is 32.2. The van der Waals surface area contributed by atoms with Crippen LogP contribution in [0.3, 0.4) is 0 Å². The van der Waals surface area contributed by atoms with Crippen molar-refractivity contribution in [3.05, 3.63) is 33.9 Å². The third kappa shape index (κ3) is 2.60. The Balaban J connectivity index is 2.41. The van der Waals surface area contributed by atoms with Crippen LogP contribution in [0.5, 0.6) is 0 Å². The van der Waals surface area contributed by atoms with E-state index in [-0.39, 0.29) is 23.2 Å². The number of aryl methyl sites for hydroxylation is 1. The molecule has 0 aromatic heterocycles. The fourth-order valence-electron chi connectivity index (χ4n) is 2.07. The lowest BCUT2D eigenvalue weighted by molar-refractivity contribution is -0.385. The molecule has 104 valence electrons. The predicted molar refractivity (Wildman–Crippen MR) is 69.2 cm³/mol. The van der Waals surface area contributed by atoms with E-state index in [1.54, 1.807) is 6.92 Å². The van der Waals surface area contributed by atoms with E-state index in [0.29, 0.717) is 18.5 Å². The van der Waals surface area contributed by atoms with Gasteiger partial charge in [-0.3, -0.25) is 10.1 Å². The number of nitrogens with two attached hydrogens (primary N) is 1. The Kier molecular flexibility index (Phi) is 3.57. The second-order valence-electron chi connectivity index (χ2n) is 4.62. The summed E-state index contributed by atoms with van der Waals surface area (Å²) in [6.07, 6.45) is 0.604. The van der Waals surface area contributed by atoms with Gasteiger partial charge in [0.05, 0.1) is 9.82 Å². The molecule has 0 aliphatic carbocycles. The van der Waals surface area contributed by atoms with Gasteiger partial charge in [-0.15, -0.1) is 0 Å². The van der Waals surface area contributed by atoms with Gasteiger partial charge in [-0.25, -0.2) is 8.42 Å². The van der Waals surface area contributed by atoms with E-state index < -0.39 is 14.9 Å². The molecule has 1 aliphatic heterocycles. The van der Waals surface area contributed by atoms with Crippen LogP contribution in [-0.4, -0.2) is 36.8 Å². The van der Waals surface area contributed by atoms with Gasteiger partial charge in [-0.2, -0.15) is 4.31 Å². The molecule has 1 heterocycles. The van der Waals surface area contributed by atoms with Crippen molar-refractivity contribution in [3.8, 4) is 0 Å². The Morgan fingerprint density at radius 1 is 1.47 bits per heavy atom. The topological polar surface area (TPSA) is 107 Å². The monoisotopic (exact) mass is 285 g/mol. The van der Waals surface area contributed by atoms with Crippen LogP contribution in [0.15, 0.2) is 23.1 Å². The summed E-state index contributed by atoms with van der Waals surface area (Å²) >= 11 is 0. The minimum Gasteiger partial charge on any atom is -0.326 e. The molecule has 1 saturated heterocycles. The molecule has 1 aromatic rings. The number of sulfonamides is 1. The van der Waals surface area contributed by atoms with Gasteiger partial charge in [-0.05, 0) is 19.4 Å². The van der Waals surface area contributed by atoms with Gasteiger partial charge in [0, 0.05) is 30.8 Å². The molecular formula is C11H15N3O4S. The summed E-state index contributed by atoms with van der Waals surface area (Å²) in [7, 11) is -3.70. The van der Waals surface area contributed by atoms with E-state index in [1.807, 2.05) is 0 Å². The third-order valence-corrected chi connectivity index (χ3v) is 5.06. The Hall–Kier alpha value is -1.51. The molecule has 0 bridgehead atoms. The molecule has 0 amide bonds.